The summed E-state index contributed by atoms with van der Waals surface area (Å²) in [6, 6.07) is 0. The van der Waals surface area contributed by atoms with Gasteiger partial charge in [0.25, 0.3) is 5.91 Å². The van der Waals surface area contributed by atoms with E-state index < -0.39 is 0 Å². The Kier molecular flexibility index (Phi) is 6.43. The molecule has 3 aliphatic rings. The first-order chi connectivity index (χ1) is 14.1. The van der Waals surface area contributed by atoms with E-state index in [1.807, 2.05) is 16.7 Å². The van der Waals surface area contributed by atoms with Crippen LogP contribution in [0, 0.1) is 6.92 Å². The number of likely N-dealkylation sites (tertiary alicyclic amines) is 3. The monoisotopic (exact) mass is 399 g/mol. The Morgan fingerprint density at radius 3 is 2.38 bits per heavy atom. The van der Waals surface area contributed by atoms with E-state index in [1.54, 1.807) is 6.20 Å². The molecule has 3 saturated heterocycles. The number of rotatable bonds is 4. The van der Waals surface area contributed by atoms with Crippen LogP contribution in [0.5, 0.6) is 0 Å². The number of hydrogen-bond acceptors (Lipinski definition) is 5. The van der Waals surface area contributed by atoms with Crippen molar-refractivity contribution in [3.05, 3.63) is 23.3 Å². The van der Waals surface area contributed by atoms with Gasteiger partial charge in [0.05, 0.1) is 17.8 Å². The third-order valence-electron chi connectivity index (χ3n) is 6.57. The van der Waals surface area contributed by atoms with Gasteiger partial charge >= 0.3 is 0 Å². The molecule has 7 nitrogen and oxygen atoms in total. The minimum absolute atomic E-state index is 0.0554. The molecule has 1 aromatic heterocycles. The van der Waals surface area contributed by atoms with Gasteiger partial charge in [-0.2, -0.15) is 0 Å². The summed E-state index contributed by atoms with van der Waals surface area (Å²) in [7, 11) is 0. The molecule has 1 unspecified atom stereocenters. The van der Waals surface area contributed by atoms with E-state index in [2.05, 4.69) is 9.88 Å². The van der Waals surface area contributed by atoms with Gasteiger partial charge in [-0.05, 0) is 65.0 Å². The quantitative estimate of drug-likeness (QED) is 0.776. The first-order valence-corrected chi connectivity index (χ1v) is 11.2. The van der Waals surface area contributed by atoms with Crippen LogP contribution >= 0.6 is 0 Å². The summed E-state index contributed by atoms with van der Waals surface area (Å²) in [4.78, 5) is 41.0. The average molecular weight is 400 g/mol. The Bertz CT molecular complexity index is 741. The summed E-state index contributed by atoms with van der Waals surface area (Å²) in [5.74, 6) is 1.21. The predicted molar refractivity (Wildman–Crippen MR) is 111 cm³/mol. The molecule has 7 heteroatoms. The molecule has 3 aliphatic heterocycles. The highest BCUT2D eigenvalue weighted by molar-refractivity contribution is 5.95. The molecule has 0 spiro atoms. The van der Waals surface area contributed by atoms with Crippen molar-refractivity contribution in [1.29, 1.82) is 0 Å². The van der Waals surface area contributed by atoms with Crippen molar-refractivity contribution in [2.24, 2.45) is 0 Å². The number of nitrogens with zero attached hydrogens (tertiary/aromatic N) is 5. The Morgan fingerprint density at radius 2 is 1.66 bits per heavy atom. The second kappa shape index (κ2) is 9.20. The molecule has 0 N–H and O–H groups in total. The number of piperidine rings is 2. The summed E-state index contributed by atoms with van der Waals surface area (Å²) in [6.45, 7) is 7.69. The van der Waals surface area contributed by atoms with Crippen LogP contribution in [-0.2, 0) is 4.79 Å². The number of aromatic nitrogens is 2. The highest BCUT2D eigenvalue weighted by atomic mass is 16.2. The lowest BCUT2D eigenvalue weighted by Gasteiger charge is -2.33. The lowest BCUT2D eigenvalue weighted by molar-refractivity contribution is -0.133. The van der Waals surface area contributed by atoms with E-state index in [4.69, 9.17) is 4.98 Å². The van der Waals surface area contributed by atoms with Gasteiger partial charge in [-0.3, -0.25) is 14.5 Å². The number of hydrogen-bond donors (Lipinski definition) is 0. The van der Waals surface area contributed by atoms with Gasteiger partial charge in [0, 0.05) is 38.3 Å². The molecule has 4 heterocycles. The second-order valence-electron chi connectivity index (χ2n) is 8.74. The van der Waals surface area contributed by atoms with Crippen LogP contribution in [0.3, 0.4) is 0 Å². The van der Waals surface area contributed by atoms with E-state index >= 15 is 0 Å². The Balaban J connectivity index is 1.40. The molecule has 0 radical (unpaired) electrons. The number of carbonyl (C=O) groups is 2. The van der Waals surface area contributed by atoms with E-state index in [0.717, 1.165) is 69.9 Å². The molecular weight excluding hydrogens is 366 g/mol. The SMILES string of the molecule is Cc1nc(C2CCCN(C(=O)CN3CCCC3)C2)ncc1C(=O)N1CCCCC1. The van der Waals surface area contributed by atoms with E-state index in [0.29, 0.717) is 18.7 Å². The fourth-order valence-corrected chi connectivity index (χ4v) is 4.81. The lowest BCUT2D eigenvalue weighted by Crippen LogP contribution is -2.44. The summed E-state index contributed by atoms with van der Waals surface area (Å²) in [5.41, 5.74) is 1.37. The van der Waals surface area contributed by atoms with Gasteiger partial charge in [-0.15, -0.1) is 0 Å². The molecule has 29 heavy (non-hydrogen) atoms. The average Bonchev–Trinajstić information content (AvgIpc) is 3.27. The van der Waals surface area contributed by atoms with Crippen LogP contribution in [0.4, 0.5) is 0 Å². The zero-order chi connectivity index (χ0) is 20.2. The van der Waals surface area contributed by atoms with Crippen molar-refractivity contribution in [2.75, 3.05) is 45.8 Å². The van der Waals surface area contributed by atoms with Crippen molar-refractivity contribution < 1.29 is 9.59 Å². The Morgan fingerprint density at radius 1 is 0.966 bits per heavy atom. The van der Waals surface area contributed by atoms with Crippen LogP contribution in [0.25, 0.3) is 0 Å². The molecule has 4 rings (SSSR count). The smallest absolute Gasteiger partial charge is 0.257 e. The standard InChI is InChI=1S/C22H33N5O2/c1-17-19(22(29)26-11-3-2-4-12-26)14-23-21(24-17)18-8-7-13-27(15-18)20(28)16-25-9-5-6-10-25/h14,18H,2-13,15-16H2,1H3. The first kappa shape index (κ1) is 20.3. The van der Waals surface area contributed by atoms with Crippen molar-refractivity contribution in [3.8, 4) is 0 Å². The van der Waals surface area contributed by atoms with Crippen LogP contribution in [0.1, 0.15) is 72.7 Å². The highest BCUT2D eigenvalue weighted by Gasteiger charge is 2.29. The number of aryl methyl sites for hydroxylation is 1. The third kappa shape index (κ3) is 4.77. The Hall–Kier alpha value is -2.02. The third-order valence-corrected chi connectivity index (χ3v) is 6.57. The van der Waals surface area contributed by atoms with Gasteiger partial charge in [-0.25, -0.2) is 9.97 Å². The minimum Gasteiger partial charge on any atom is -0.341 e. The molecule has 2 amide bonds. The summed E-state index contributed by atoms with van der Waals surface area (Å²) < 4.78 is 0. The van der Waals surface area contributed by atoms with Crippen LogP contribution < -0.4 is 0 Å². The van der Waals surface area contributed by atoms with Crippen LogP contribution in [0.2, 0.25) is 0 Å². The second-order valence-corrected chi connectivity index (χ2v) is 8.74. The van der Waals surface area contributed by atoms with Crippen molar-refractivity contribution in [2.45, 2.75) is 57.8 Å². The molecule has 0 bridgehead atoms. The highest BCUT2D eigenvalue weighted by Crippen LogP contribution is 2.26. The normalized spacial score (nSPS) is 23.4. The van der Waals surface area contributed by atoms with E-state index in [1.165, 1.54) is 19.3 Å². The summed E-state index contributed by atoms with van der Waals surface area (Å²) in [6.07, 6.45) is 9.43. The Labute approximate surface area is 173 Å². The molecule has 1 atom stereocenters. The molecule has 158 valence electrons. The predicted octanol–water partition coefficient (Wildman–Crippen LogP) is 2.21. The van der Waals surface area contributed by atoms with Crippen molar-refractivity contribution in [3.63, 3.8) is 0 Å². The van der Waals surface area contributed by atoms with Gasteiger partial charge in [0.15, 0.2) is 0 Å². The molecular formula is C22H33N5O2. The van der Waals surface area contributed by atoms with Gasteiger partial charge in [0.2, 0.25) is 5.91 Å². The molecule has 0 saturated carbocycles. The van der Waals surface area contributed by atoms with Crippen molar-refractivity contribution >= 4 is 11.8 Å². The van der Waals surface area contributed by atoms with Crippen LogP contribution in [-0.4, -0.2) is 82.3 Å². The van der Waals surface area contributed by atoms with Crippen molar-refractivity contribution in [1.82, 2.24) is 24.7 Å². The molecule has 0 aliphatic carbocycles. The van der Waals surface area contributed by atoms with E-state index in [9.17, 15) is 9.59 Å². The van der Waals surface area contributed by atoms with Gasteiger partial charge in [-0.1, -0.05) is 0 Å². The first-order valence-electron chi connectivity index (χ1n) is 11.2. The molecule has 3 fully saturated rings. The number of amides is 2. The largest absolute Gasteiger partial charge is 0.341 e. The lowest BCUT2D eigenvalue weighted by atomic mass is 9.96. The maximum atomic E-state index is 12.8. The maximum absolute atomic E-state index is 12.8. The zero-order valence-corrected chi connectivity index (χ0v) is 17.6. The zero-order valence-electron chi connectivity index (χ0n) is 17.6. The topological polar surface area (TPSA) is 69.6 Å². The number of carbonyl (C=O) groups excluding carboxylic acids is 2. The molecule has 0 aromatic carbocycles. The minimum atomic E-state index is 0.0554. The van der Waals surface area contributed by atoms with Gasteiger partial charge in [0.1, 0.15) is 5.82 Å². The summed E-state index contributed by atoms with van der Waals surface area (Å²) in [5, 5.41) is 0. The maximum Gasteiger partial charge on any atom is 0.257 e. The summed E-state index contributed by atoms with van der Waals surface area (Å²) >= 11 is 0. The fourth-order valence-electron chi connectivity index (χ4n) is 4.81. The fraction of sp³-hybridized carbons (Fsp3) is 0.727. The van der Waals surface area contributed by atoms with Gasteiger partial charge < -0.3 is 9.80 Å². The molecule has 1 aromatic rings. The van der Waals surface area contributed by atoms with Crippen LogP contribution in [0.15, 0.2) is 6.20 Å². The van der Waals surface area contributed by atoms with E-state index in [-0.39, 0.29) is 17.7 Å².